The highest BCUT2D eigenvalue weighted by Gasteiger charge is 2.13. The van der Waals surface area contributed by atoms with Crippen LogP contribution in [0.3, 0.4) is 0 Å². The van der Waals surface area contributed by atoms with E-state index in [1.54, 1.807) is 13.0 Å². The van der Waals surface area contributed by atoms with E-state index >= 15 is 0 Å². The third-order valence-corrected chi connectivity index (χ3v) is 1.79. The summed E-state index contributed by atoms with van der Waals surface area (Å²) in [6.45, 7) is 7.41. The zero-order valence-corrected chi connectivity index (χ0v) is 10.0. The van der Waals surface area contributed by atoms with Crippen molar-refractivity contribution in [3.63, 3.8) is 0 Å². The van der Waals surface area contributed by atoms with E-state index < -0.39 is 0 Å². The van der Waals surface area contributed by atoms with Gasteiger partial charge in [-0.3, -0.25) is 0 Å². The molecule has 0 saturated carbocycles. The van der Waals surface area contributed by atoms with E-state index in [4.69, 9.17) is 0 Å². The standard InChI is InChI=1S/C12H17FN2O/c1-8-5-9(13)7-10(6-8)14-11(16)15-12(2,3)4/h5-7H,1-4H3,(H2,14,15,16). The molecule has 1 aromatic rings. The minimum atomic E-state index is -0.356. The Morgan fingerprint density at radius 1 is 1.25 bits per heavy atom. The number of benzene rings is 1. The number of carbonyl (C=O) groups excluding carboxylic acids is 1. The van der Waals surface area contributed by atoms with Crippen molar-refractivity contribution in [2.24, 2.45) is 0 Å². The maximum absolute atomic E-state index is 13.0. The molecular weight excluding hydrogens is 207 g/mol. The van der Waals surface area contributed by atoms with Gasteiger partial charge < -0.3 is 10.6 Å². The molecule has 4 heteroatoms. The van der Waals surface area contributed by atoms with Gasteiger partial charge in [-0.25, -0.2) is 9.18 Å². The first-order valence-electron chi connectivity index (χ1n) is 5.13. The third-order valence-electron chi connectivity index (χ3n) is 1.79. The smallest absolute Gasteiger partial charge is 0.319 e. The quantitative estimate of drug-likeness (QED) is 0.756. The number of carbonyl (C=O) groups is 1. The van der Waals surface area contributed by atoms with Crippen molar-refractivity contribution >= 4 is 11.7 Å². The number of nitrogens with one attached hydrogen (secondary N) is 2. The molecule has 0 aliphatic rings. The molecule has 1 aromatic carbocycles. The lowest BCUT2D eigenvalue weighted by Gasteiger charge is -2.20. The molecule has 0 spiro atoms. The van der Waals surface area contributed by atoms with Gasteiger partial charge in [-0.15, -0.1) is 0 Å². The SMILES string of the molecule is Cc1cc(F)cc(NC(=O)NC(C)(C)C)c1. The highest BCUT2D eigenvalue weighted by atomic mass is 19.1. The van der Waals surface area contributed by atoms with Gasteiger partial charge >= 0.3 is 6.03 Å². The molecule has 16 heavy (non-hydrogen) atoms. The second kappa shape index (κ2) is 4.51. The van der Waals surface area contributed by atoms with Crippen LogP contribution in [0.5, 0.6) is 0 Å². The van der Waals surface area contributed by atoms with E-state index in [0.29, 0.717) is 5.69 Å². The highest BCUT2D eigenvalue weighted by molar-refractivity contribution is 5.89. The Balaban J connectivity index is 2.70. The van der Waals surface area contributed by atoms with Gasteiger partial charge in [0.15, 0.2) is 0 Å². The molecule has 0 saturated heterocycles. The van der Waals surface area contributed by atoms with Crippen LogP contribution in [-0.4, -0.2) is 11.6 Å². The number of hydrogen-bond acceptors (Lipinski definition) is 1. The maximum Gasteiger partial charge on any atom is 0.319 e. The molecule has 0 aliphatic heterocycles. The van der Waals surface area contributed by atoms with Crippen LogP contribution >= 0.6 is 0 Å². The van der Waals surface area contributed by atoms with Crippen molar-refractivity contribution < 1.29 is 9.18 Å². The van der Waals surface area contributed by atoms with Gasteiger partial charge in [0.1, 0.15) is 5.82 Å². The maximum atomic E-state index is 13.0. The number of urea groups is 1. The first-order valence-corrected chi connectivity index (χ1v) is 5.13. The van der Waals surface area contributed by atoms with Crippen molar-refractivity contribution in [3.05, 3.63) is 29.6 Å². The van der Waals surface area contributed by atoms with Gasteiger partial charge in [0.05, 0.1) is 0 Å². The molecule has 1 rings (SSSR count). The van der Waals surface area contributed by atoms with Crippen LogP contribution < -0.4 is 10.6 Å². The van der Waals surface area contributed by atoms with Crippen molar-refractivity contribution in [2.45, 2.75) is 33.2 Å². The first-order chi connectivity index (χ1) is 7.26. The van der Waals surface area contributed by atoms with Crippen LogP contribution in [0.25, 0.3) is 0 Å². The first kappa shape index (κ1) is 12.5. The summed E-state index contributed by atoms with van der Waals surface area (Å²) in [4.78, 5) is 11.5. The van der Waals surface area contributed by atoms with Gasteiger partial charge in [0.2, 0.25) is 0 Å². The molecule has 0 aliphatic carbocycles. The van der Waals surface area contributed by atoms with Crippen LogP contribution in [-0.2, 0) is 0 Å². The predicted molar refractivity (Wildman–Crippen MR) is 63.0 cm³/mol. The molecule has 3 nitrogen and oxygen atoms in total. The number of anilines is 1. The summed E-state index contributed by atoms with van der Waals surface area (Å²) in [6.07, 6.45) is 0. The summed E-state index contributed by atoms with van der Waals surface area (Å²) in [5.74, 6) is -0.356. The molecule has 88 valence electrons. The summed E-state index contributed by atoms with van der Waals surface area (Å²) < 4.78 is 13.0. The second-order valence-electron chi connectivity index (χ2n) is 4.85. The van der Waals surface area contributed by atoms with Crippen molar-refractivity contribution in [3.8, 4) is 0 Å². The largest absolute Gasteiger partial charge is 0.333 e. The summed E-state index contributed by atoms with van der Waals surface area (Å²) in [6, 6.07) is 4.07. The average Bonchev–Trinajstić information content (AvgIpc) is 1.96. The zero-order chi connectivity index (χ0) is 12.3. The topological polar surface area (TPSA) is 41.1 Å². The molecule has 0 fully saturated rings. The molecule has 0 radical (unpaired) electrons. The third kappa shape index (κ3) is 4.29. The van der Waals surface area contributed by atoms with Crippen molar-refractivity contribution in [1.82, 2.24) is 5.32 Å². The Morgan fingerprint density at radius 3 is 2.38 bits per heavy atom. The van der Waals surface area contributed by atoms with E-state index in [9.17, 15) is 9.18 Å². The monoisotopic (exact) mass is 224 g/mol. The molecular formula is C12H17FN2O. The van der Waals surface area contributed by atoms with E-state index in [1.165, 1.54) is 12.1 Å². The number of hydrogen-bond donors (Lipinski definition) is 2. The Hall–Kier alpha value is -1.58. The lowest BCUT2D eigenvalue weighted by molar-refractivity contribution is 0.244. The van der Waals surface area contributed by atoms with E-state index in [0.717, 1.165) is 5.56 Å². The van der Waals surface area contributed by atoms with E-state index in [-0.39, 0.29) is 17.4 Å². The summed E-state index contributed by atoms with van der Waals surface area (Å²) in [7, 11) is 0. The predicted octanol–water partition coefficient (Wildman–Crippen LogP) is 3.05. The molecule has 0 aromatic heterocycles. The van der Waals surface area contributed by atoms with Gasteiger partial charge in [-0.05, 0) is 51.5 Å². The van der Waals surface area contributed by atoms with Crippen molar-refractivity contribution in [2.75, 3.05) is 5.32 Å². The summed E-state index contributed by atoms with van der Waals surface area (Å²) in [5.41, 5.74) is 0.914. The minimum Gasteiger partial charge on any atom is -0.333 e. The average molecular weight is 224 g/mol. The summed E-state index contributed by atoms with van der Waals surface area (Å²) >= 11 is 0. The highest BCUT2D eigenvalue weighted by Crippen LogP contribution is 2.13. The Kier molecular flexibility index (Phi) is 3.52. The van der Waals surface area contributed by atoms with Gasteiger partial charge in [0.25, 0.3) is 0 Å². The number of halogens is 1. The Labute approximate surface area is 95.0 Å². The molecule has 0 unspecified atom stereocenters. The lowest BCUT2D eigenvalue weighted by atomic mass is 10.1. The van der Waals surface area contributed by atoms with Crippen LogP contribution in [0.1, 0.15) is 26.3 Å². The van der Waals surface area contributed by atoms with Crippen LogP contribution in [0.15, 0.2) is 18.2 Å². The zero-order valence-electron chi connectivity index (χ0n) is 10.0. The van der Waals surface area contributed by atoms with Crippen LogP contribution in [0.2, 0.25) is 0 Å². The summed E-state index contributed by atoms with van der Waals surface area (Å²) in [5, 5.41) is 5.32. The van der Waals surface area contributed by atoms with E-state index in [1.807, 2.05) is 20.8 Å². The van der Waals surface area contributed by atoms with E-state index in [2.05, 4.69) is 10.6 Å². The van der Waals surface area contributed by atoms with Gasteiger partial charge in [-0.1, -0.05) is 0 Å². The fourth-order valence-corrected chi connectivity index (χ4v) is 1.31. The normalized spacial score (nSPS) is 11.1. The fraction of sp³-hybridized carbons (Fsp3) is 0.417. The molecule has 2 amide bonds. The second-order valence-corrected chi connectivity index (χ2v) is 4.85. The van der Waals surface area contributed by atoms with Crippen LogP contribution in [0.4, 0.5) is 14.9 Å². The Bertz CT molecular complexity index is 376. The lowest BCUT2D eigenvalue weighted by Crippen LogP contribution is -2.43. The number of aryl methyl sites for hydroxylation is 1. The number of rotatable bonds is 1. The van der Waals surface area contributed by atoms with Gasteiger partial charge in [0, 0.05) is 11.2 Å². The van der Waals surface area contributed by atoms with Gasteiger partial charge in [-0.2, -0.15) is 0 Å². The Morgan fingerprint density at radius 2 is 1.88 bits per heavy atom. The fourth-order valence-electron chi connectivity index (χ4n) is 1.31. The molecule has 0 bridgehead atoms. The molecule has 0 heterocycles. The van der Waals surface area contributed by atoms with Crippen molar-refractivity contribution in [1.29, 1.82) is 0 Å². The minimum absolute atomic E-state index is 0.313. The number of amides is 2. The molecule has 0 atom stereocenters. The van der Waals surface area contributed by atoms with Crippen LogP contribution in [0, 0.1) is 12.7 Å². The molecule has 2 N–H and O–H groups in total.